The molecule has 0 spiro atoms. The molecule has 1 unspecified atom stereocenters. The van der Waals surface area contributed by atoms with E-state index < -0.39 is 23.9 Å². The van der Waals surface area contributed by atoms with Crippen LogP contribution in [0.2, 0.25) is 0 Å². The van der Waals surface area contributed by atoms with Crippen molar-refractivity contribution in [2.45, 2.75) is 45.2 Å². The highest BCUT2D eigenvalue weighted by Gasteiger charge is 2.23. The van der Waals surface area contributed by atoms with E-state index in [1.807, 2.05) is 13.8 Å². The first-order chi connectivity index (χ1) is 8.29. The van der Waals surface area contributed by atoms with Crippen molar-refractivity contribution in [3.05, 3.63) is 0 Å². The Kier molecular flexibility index (Phi) is 6.77. The molecule has 0 rings (SSSR count). The van der Waals surface area contributed by atoms with Gasteiger partial charge in [0, 0.05) is 19.5 Å². The molecule has 3 amide bonds. The van der Waals surface area contributed by atoms with Gasteiger partial charge in [0.1, 0.15) is 6.04 Å². The first-order valence-electron chi connectivity index (χ1n) is 5.84. The zero-order valence-electron chi connectivity index (χ0n) is 11.0. The third kappa shape index (κ3) is 5.51. The quantitative estimate of drug-likeness (QED) is 0.603. The van der Waals surface area contributed by atoms with E-state index in [9.17, 15) is 14.4 Å². The van der Waals surface area contributed by atoms with E-state index in [-0.39, 0.29) is 18.9 Å². The second-order valence-electron chi connectivity index (χ2n) is 4.21. The molecule has 4 N–H and O–H groups in total. The Labute approximate surface area is 106 Å². The van der Waals surface area contributed by atoms with Crippen LogP contribution in [-0.2, 0) is 9.59 Å². The predicted octanol–water partition coefficient (Wildman–Crippen LogP) is 0.145. The summed E-state index contributed by atoms with van der Waals surface area (Å²) in [5, 5.41) is 11.3. The number of hydrogen-bond donors (Lipinski definition) is 3. The number of amides is 3. The van der Waals surface area contributed by atoms with E-state index in [2.05, 4.69) is 5.32 Å². The molecule has 0 aliphatic rings. The molecule has 0 heterocycles. The number of carbonyl (C=O) groups excluding carboxylic acids is 2. The number of hydrogen-bond acceptors (Lipinski definition) is 3. The monoisotopic (exact) mass is 259 g/mol. The van der Waals surface area contributed by atoms with Crippen molar-refractivity contribution < 1.29 is 19.5 Å². The Hall–Kier alpha value is -1.79. The van der Waals surface area contributed by atoms with Crippen molar-refractivity contribution in [3.63, 3.8) is 0 Å². The molecule has 0 aromatic heterocycles. The van der Waals surface area contributed by atoms with Gasteiger partial charge in [-0.25, -0.2) is 9.59 Å². The molecular weight excluding hydrogens is 238 g/mol. The van der Waals surface area contributed by atoms with Gasteiger partial charge < -0.3 is 21.1 Å². The van der Waals surface area contributed by atoms with Crippen molar-refractivity contribution in [1.29, 1.82) is 0 Å². The lowest BCUT2D eigenvalue weighted by atomic mass is 10.1. The van der Waals surface area contributed by atoms with Gasteiger partial charge in [-0.2, -0.15) is 0 Å². The van der Waals surface area contributed by atoms with E-state index in [1.165, 1.54) is 4.90 Å². The maximum absolute atomic E-state index is 11.7. The van der Waals surface area contributed by atoms with E-state index >= 15 is 0 Å². The number of carbonyl (C=O) groups is 3. The van der Waals surface area contributed by atoms with Crippen molar-refractivity contribution in [3.8, 4) is 0 Å². The molecule has 0 aliphatic heterocycles. The molecule has 0 saturated heterocycles. The number of aliphatic carboxylic acids is 1. The molecule has 18 heavy (non-hydrogen) atoms. The van der Waals surface area contributed by atoms with Gasteiger partial charge in [-0.05, 0) is 19.8 Å². The van der Waals surface area contributed by atoms with Crippen LogP contribution in [0.25, 0.3) is 0 Å². The summed E-state index contributed by atoms with van der Waals surface area (Å²) in [6, 6.07) is -1.56. The fourth-order valence-corrected chi connectivity index (χ4v) is 1.27. The van der Waals surface area contributed by atoms with Crippen LogP contribution in [0.1, 0.15) is 33.1 Å². The average Bonchev–Trinajstić information content (AvgIpc) is 2.31. The van der Waals surface area contributed by atoms with E-state index in [0.29, 0.717) is 0 Å². The van der Waals surface area contributed by atoms with Gasteiger partial charge in [0.15, 0.2) is 0 Å². The fraction of sp³-hybridized carbons (Fsp3) is 0.727. The molecule has 0 radical (unpaired) electrons. The Morgan fingerprint density at radius 2 is 1.94 bits per heavy atom. The molecule has 7 heteroatoms. The van der Waals surface area contributed by atoms with E-state index in [0.717, 1.165) is 6.42 Å². The maximum atomic E-state index is 11.7. The minimum absolute atomic E-state index is 0.00917. The highest BCUT2D eigenvalue weighted by atomic mass is 16.4. The van der Waals surface area contributed by atoms with Crippen LogP contribution in [0.5, 0.6) is 0 Å². The summed E-state index contributed by atoms with van der Waals surface area (Å²) < 4.78 is 0. The number of rotatable bonds is 7. The molecular formula is C11H21N3O4. The Morgan fingerprint density at radius 3 is 2.33 bits per heavy atom. The van der Waals surface area contributed by atoms with Crippen LogP contribution in [-0.4, -0.2) is 47.0 Å². The molecule has 0 saturated carbocycles. The van der Waals surface area contributed by atoms with E-state index in [4.69, 9.17) is 10.8 Å². The predicted molar refractivity (Wildman–Crippen MR) is 65.9 cm³/mol. The van der Waals surface area contributed by atoms with Crippen LogP contribution in [0.3, 0.4) is 0 Å². The van der Waals surface area contributed by atoms with Crippen LogP contribution in [0.15, 0.2) is 0 Å². The third-order valence-electron chi connectivity index (χ3n) is 2.85. The third-order valence-corrected chi connectivity index (χ3v) is 2.85. The van der Waals surface area contributed by atoms with Crippen molar-refractivity contribution in [1.82, 2.24) is 10.2 Å². The first kappa shape index (κ1) is 16.2. The molecule has 0 fully saturated rings. The van der Waals surface area contributed by atoms with Gasteiger partial charge in [-0.15, -0.1) is 0 Å². The van der Waals surface area contributed by atoms with Crippen LogP contribution in [0, 0.1) is 0 Å². The number of urea groups is 1. The summed E-state index contributed by atoms with van der Waals surface area (Å²) >= 11 is 0. The SMILES string of the molecule is CCC(C)N(C)C(=O)N[C@@H](CCC(N)=O)C(=O)O. The number of nitrogens with two attached hydrogens (primary N) is 1. The van der Waals surface area contributed by atoms with Crippen LogP contribution >= 0.6 is 0 Å². The second-order valence-corrected chi connectivity index (χ2v) is 4.21. The van der Waals surface area contributed by atoms with Crippen LogP contribution < -0.4 is 11.1 Å². The van der Waals surface area contributed by atoms with Gasteiger partial charge in [0.05, 0.1) is 0 Å². The lowest BCUT2D eigenvalue weighted by Gasteiger charge is -2.26. The Balaban J connectivity index is 4.45. The van der Waals surface area contributed by atoms with Crippen molar-refractivity contribution >= 4 is 17.9 Å². The largest absolute Gasteiger partial charge is 0.480 e. The lowest BCUT2D eigenvalue weighted by molar-refractivity contribution is -0.139. The highest BCUT2D eigenvalue weighted by Crippen LogP contribution is 2.03. The van der Waals surface area contributed by atoms with Gasteiger partial charge in [-0.3, -0.25) is 4.79 Å². The maximum Gasteiger partial charge on any atom is 0.326 e. The van der Waals surface area contributed by atoms with Crippen LogP contribution in [0.4, 0.5) is 4.79 Å². The molecule has 0 bridgehead atoms. The highest BCUT2D eigenvalue weighted by molar-refractivity contribution is 5.83. The summed E-state index contributed by atoms with van der Waals surface area (Å²) in [6.07, 6.45) is 0.679. The minimum Gasteiger partial charge on any atom is -0.480 e. The summed E-state index contributed by atoms with van der Waals surface area (Å²) in [4.78, 5) is 34.7. The number of primary amides is 1. The Morgan fingerprint density at radius 1 is 1.39 bits per heavy atom. The van der Waals surface area contributed by atoms with Gasteiger partial charge in [-0.1, -0.05) is 6.92 Å². The number of carboxylic acid groups (broad SMARTS) is 1. The summed E-state index contributed by atoms with van der Waals surface area (Å²) in [5.74, 6) is -1.77. The molecule has 0 aromatic carbocycles. The summed E-state index contributed by atoms with van der Waals surface area (Å²) in [5.41, 5.74) is 4.95. The normalized spacial score (nSPS) is 13.5. The lowest BCUT2D eigenvalue weighted by Crippen LogP contribution is -2.49. The molecule has 104 valence electrons. The number of carboxylic acids is 1. The molecule has 0 aliphatic carbocycles. The standard InChI is InChI=1S/C11H21N3O4/c1-4-7(2)14(3)11(18)13-8(10(16)17)5-6-9(12)15/h7-8H,4-6H2,1-3H3,(H2,12,15)(H,13,18)(H,16,17)/t7?,8-/m0/s1. The summed E-state index contributed by atoms with van der Waals surface area (Å²) in [6.45, 7) is 3.79. The fourth-order valence-electron chi connectivity index (χ4n) is 1.27. The minimum atomic E-state index is -1.18. The first-order valence-corrected chi connectivity index (χ1v) is 5.84. The Bertz CT molecular complexity index is 319. The average molecular weight is 259 g/mol. The van der Waals surface area contributed by atoms with Gasteiger partial charge in [0.25, 0.3) is 0 Å². The topological polar surface area (TPSA) is 113 Å². The zero-order valence-corrected chi connectivity index (χ0v) is 11.0. The van der Waals surface area contributed by atoms with Crippen molar-refractivity contribution in [2.24, 2.45) is 5.73 Å². The molecule has 0 aromatic rings. The number of nitrogens with zero attached hydrogens (tertiary/aromatic N) is 1. The summed E-state index contributed by atoms with van der Waals surface area (Å²) in [7, 11) is 1.59. The van der Waals surface area contributed by atoms with Gasteiger partial charge >= 0.3 is 12.0 Å². The zero-order chi connectivity index (χ0) is 14.3. The van der Waals surface area contributed by atoms with E-state index in [1.54, 1.807) is 7.05 Å². The van der Waals surface area contributed by atoms with Gasteiger partial charge in [0.2, 0.25) is 5.91 Å². The second kappa shape index (κ2) is 7.52. The smallest absolute Gasteiger partial charge is 0.326 e. The van der Waals surface area contributed by atoms with Crippen molar-refractivity contribution in [2.75, 3.05) is 7.05 Å². The molecule has 7 nitrogen and oxygen atoms in total. The number of nitrogens with one attached hydrogen (secondary N) is 1. The molecule has 2 atom stereocenters.